The first-order valence-electron chi connectivity index (χ1n) is 12.8. The lowest BCUT2D eigenvalue weighted by Crippen LogP contribution is -2.55. The van der Waals surface area contributed by atoms with Gasteiger partial charge in [-0.15, -0.1) is 0 Å². The van der Waals surface area contributed by atoms with Gasteiger partial charge in [0.15, 0.2) is 17.6 Å². The Bertz CT molecular complexity index is 1230. The smallest absolute Gasteiger partial charge is 0.323 e. The minimum absolute atomic E-state index is 0.164. The number of nitrogens with zero attached hydrogens (tertiary/aromatic N) is 1. The lowest BCUT2D eigenvalue weighted by Gasteiger charge is -2.34. The molecule has 11 nitrogen and oxygen atoms in total. The molecule has 1 saturated heterocycles. The average molecular weight is 595 g/mol. The van der Waals surface area contributed by atoms with Crippen molar-refractivity contribution in [2.45, 2.75) is 77.2 Å². The van der Waals surface area contributed by atoms with E-state index in [9.17, 15) is 24.6 Å². The van der Waals surface area contributed by atoms with Crippen LogP contribution in [0.15, 0.2) is 42.6 Å². The van der Waals surface area contributed by atoms with E-state index in [4.69, 9.17) is 30.3 Å². The van der Waals surface area contributed by atoms with Gasteiger partial charge in [-0.25, -0.2) is 5.09 Å². The van der Waals surface area contributed by atoms with E-state index in [0.717, 1.165) is 4.90 Å². The van der Waals surface area contributed by atoms with E-state index in [-0.39, 0.29) is 12.0 Å². The van der Waals surface area contributed by atoms with Crippen LogP contribution in [0.2, 0.25) is 0 Å². The zero-order valence-electron chi connectivity index (χ0n) is 23.0. The van der Waals surface area contributed by atoms with E-state index in [1.807, 2.05) is 0 Å². The molecule has 2 aliphatic rings. The number of ether oxygens (including phenoxy) is 2. The molecule has 13 heteroatoms. The number of carbonyl (C=O) groups is 3. The molecule has 0 radical (unpaired) electrons. The van der Waals surface area contributed by atoms with E-state index in [2.05, 4.69) is 16.9 Å². The molecule has 40 heavy (non-hydrogen) atoms. The molecular weight excluding hydrogens is 559 g/mol. The normalized spacial score (nSPS) is 26.8. The van der Waals surface area contributed by atoms with E-state index in [1.54, 1.807) is 65.0 Å². The summed E-state index contributed by atoms with van der Waals surface area (Å²) in [5, 5.41) is 25.6. The van der Waals surface area contributed by atoms with Crippen LogP contribution in [-0.2, 0) is 40.2 Å². The number of aliphatic hydroxyl groups is 2. The minimum atomic E-state index is -3.48. The molecule has 218 valence electrons. The van der Waals surface area contributed by atoms with E-state index in [1.165, 1.54) is 12.3 Å². The van der Waals surface area contributed by atoms with Gasteiger partial charge in [-0.1, -0.05) is 43.9 Å². The predicted molar refractivity (Wildman–Crippen MR) is 149 cm³/mol. The third-order valence-electron chi connectivity index (χ3n) is 5.77. The molecule has 1 amide bonds. The highest BCUT2D eigenvalue weighted by atomic mass is 32.5. The quantitative estimate of drug-likeness (QED) is 0.158. The third kappa shape index (κ3) is 7.98. The Morgan fingerprint density at radius 1 is 1.25 bits per heavy atom. The number of rotatable bonds is 10. The standard InChI is InChI=1S/C27H35N2O9PS/c1-17(2)11-13-27(34)24(32)22(37-26(27)29-14-12-20(30)15-23(29)31)16-35-39(40,38-21-9-7-6-8-10-21)28-19(5)25(33)36-18(3)4/h6-10,12,14,17-19,22,24,26,32,34H,15-16H2,1-5H3,(H,28,40)/t19-,22+,24+,26+,27+,39?/m0/s1. The van der Waals surface area contributed by atoms with Crippen LogP contribution in [0.5, 0.6) is 5.75 Å². The van der Waals surface area contributed by atoms with Crippen molar-refractivity contribution in [1.82, 2.24) is 9.99 Å². The Kier molecular flexibility index (Phi) is 10.7. The fraction of sp³-hybridized carbons (Fsp3) is 0.519. The molecule has 2 heterocycles. The molecule has 0 aromatic heterocycles. The Balaban J connectivity index is 1.86. The molecule has 1 unspecified atom stereocenters. The van der Waals surface area contributed by atoms with Gasteiger partial charge in [0, 0.05) is 12.1 Å². The highest BCUT2D eigenvalue weighted by Crippen LogP contribution is 2.46. The number of hydrogen-bond donors (Lipinski definition) is 3. The second kappa shape index (κ2) is 13.4. The van der Waals surface area contributed by atoms with Crippen molar-refractivity contribution < 1.29 is 43.1 Å². The number of aliphatic hydroxyl groups excluding tert-OH is 1. The summed E-state index contributed by atoms with van der Waals surface area (Å²) in [4.78, 5) is 37.8. The predicted octanol–water partition coefficient (Wildman–Crippen LogP) is 2.03. The Labute approximate surface area is 239 Å². The maximum absolute atomic E-state index is 12.6. The summed E-state index contributed by atoms with van der Waals surface area (Å²) in [7, 11) is 0. The highest BCUT2D eigenvalue weighted by molar-refractivity contribution is 8.09. The first-order valence-corrected chi connectivity index (χ1v) is 15.5. The molecule has 0 spiro atoms. The first-order chi connectivity index (χ1) is 18.7. The van der Waals surface area contributed by atoms with Crippen molar-refractivity contribution in [1.29, 1.82) is 0 Å². The lowest BCUT2D eigenvalue weighted by atomic mass is 9.93. The number of esters is 1. The number of hydrogen-bond acceptors (Lipinski definition) is 10. The largest absolute Gasteiger partial charge is 0.462 e. The molecule has 3 N–H and O–H groups in total. The third-order valence-corrected chi connectivity index (χ3v) is 8.27. The van der Waals surface area contributed by atoms with Crippen LogP contribution in [0.3, 0.4) is 0 Å². The van der Waals surface area contributed by atoms with Crippen molar-refractivity contribution in [2.24, 2.45) is 5.92 Å². The van der Waals surface area contributed by atoms with Crippen LogP contribution in [-0.4, -0.2) is 75.6 Å². The molecule has 2 aliphatic heterocycles. The molecule has 6 atom stereocenters. The maximum atomic E-state index is 12.6. The number of amides is 1. The Morgan fingerprint density at radius 2 is 1.93 bits per heavy atom. The van der Waals surface area contributed by atoms with Crippen LogP contribution in [0, 0.1) is 17.8 Å². The fourth-order valence-electron chi connectivity index (χ4n) is 3.84. The molecule has 1 aromatic carbocycles. The highest BCUT2D eigenvalue weighted by Gasteiger charge is 2.58. The SMILES string of the molecule is CC(C)C#C[C@@]1(O)[C@H](O)[C@@H](COP(=S)(N[C@@H](C)C(=O)OC(C)C)Oc2ccccc2)O[C@H]1N1C=CC(=O)CC1=O. The van der Waals surface area contributed by atoms with E-state index < -0.39 is 67.4 Å². The topological polar surface area (TPSA) is 144 Å². The van der Waals surface area contributed by atoms with Gasteiger partial charge in [0.2, 0.25) is 5.91 Å². The zero-order valence-corrected chi connectivity index (χ0v) is 24.7. The van der Waals surface area contributed by atoms with Gasteiger partial charge in [-0.05, 0) is 50.8 Å². The average Bonchev–Trinajstić information content (AvgIpc) is 3.12. The van der Waals surface area contributed by atoms with Gasteiger partial charge in [-0.2, -0.15) is 0 Å². The van der Waals surface area contributed by atoms with Crippen molar-refractivity contribution in [3.63, 3.8) is 0 Å². The molecule has 0 bridgehead atoms. The van der Waals surface area contributed by atoms with Gasteiger partial charge < -0.3 is 28.7 Å². The molecule has 3 rings (SSSR count). The second-order valence-corrected chi connectivity index (χ2v) is 13.2. The number of para-hydroxylation sites is 1. The van der Waals surface area contributed by atoms with Crippen molar-refractivity contribution >= 4 is 36.1 Å². The van der Waals surface area contributed by atoms with Gasteiger partial charge >= 0.3 is 12.6 Å². The summed E-state index contributed by atoms with van der Waals surface area (Å²) < 4.78 is 23.1. The molecule has 0 aliphatic carbocycles. The number of benzene rings is 1. The summed E-state index contributed by atoms with van der Waals surface area (Å²) in [6.45, 7) is 4.71. The van der Waals surface area contributed by atoms with Crippen LogP contribution in [0.25, 0.3) is 0 Å². The van der Waals surface area contributed by atoms with Gasteiger partial charge in [0.25, 0.3) is 0 Å². The lowest BCUT2D eigenvalue weighted by molar-refractivity contribution is -0.153. The van der Waals surface area contributed by atoms with Crippen LogP contribution >= 0.6 is 6.64 Å². The fourth-order valence-corrected chi connectivity index (χ4v) is 6.25. The number of nitrogens with one attached hydrogen (secondary N) is 1. The zero-order chi connectivity index (χ0) is 29.7. The van der Waals surface area contributed by atoms with Crippen LogP contribution in [0.1, 0.15) is 41.0 Å². The summed E-state index contributed by atoms with van der Waals surface area (Å²) in [6.07, 6.45) is -2.66. The van der Waals surface area contributed by atoms with Crippen molar-refractivity contribution in [3.05, 3.63) is 42.6 Å². The summed E-state index contributed by atoms with van der Waals surface area (Å²) >= 11 is 5.70. The van der Waals surface area contributed by atoms with Crippen LogP contribution in [0.4, 0.5) is 0 Å². The van der Waals surface area contributed by atoms with E-state index in [0.29, 0.717) is 5.75 Å². The number of allylic oxidation sites excluding steroid dienone is 1. The van der Waals surface area contributed by atoms with Gasteiger partial charge in [0.05, 0.1) is 19.1 Å². The number of carbonyl (C=O) groups excluding carboxylic acids is 3. The maximum Gasteiger partial charge on any atom is 0.323 e. The van der Waals surface area contributed by atoms with E-state index >= 15 is 0 Å². The second-order valence-electron chi connectivity index (χ2n) is 10.0. The van der Waals surface area contributed by atoms with Crippen LogP contribution < -0.4 is 9.61 Å². The number of ketones is 1. The monoisotopic (exact) mass is 594 g/mol. The summed E-state index contributed by atoms with van der Waals surface area (Å²) in [5.74, 6) is 4.11. The van der Waals surface area contributed by atoms with Crippen molar-refractivity contribution in [2.75, 3.05) is 6.61 Å². The molecule has 1 fully saturated rings. The van der Waals surface area contributed by atoms with Gasteiger partial charge in [-0.3, -0.25) is 19.3 Å². The summed E-state index contributed by atoms with van der Waals surface area (Å²) in [5.41, 5.74) is -2.21. The minimum Gasteiger partial charge on any atom is -0.462 e. The summed E-state index contributed by atoms with van der Waals surface area (Å²) in [6, 6.07) is 7.69. The molecule has 1 aromatic rings. The molecular formula is C27H35N2O9PS. The first kappa shape index (κ1) is 31.9. The van der Waals surface area contributed by atoms with Gasteiger partial charge in [0.1, 0.15) is 24.0 Å². The Morgan fingerprint density at radius 3 is 2.52 bits per heavy atom. The van der Waals surface area contributed by atoms with Crippen molar-refractivity contribution in [3.8, 4) is 17.6 Å². The molecule has 0 saturated carbocycles. The Hall–Kier alpha value is -2.62.